The summed E-state index contributed by atoms with van der Waals surface area (Å²) in [5.41, 5.74) is 6.25. The van der Waals surface area contributed by atoms with Gasteiger partial charge in [0, 0.05) is 23.6 Å². The van der Waals surface area contributed by atoms with Gasteiger partial charge in [-0.05, 0) is 69.1 Å². The fourth-order valence-corrected chi connectivity index (χ4v) is 7.24. The molecular formula is C41H34O6. The van der Waals surface area contributed by atoms with E-state index in [0.717, 1.165) is 44.2 Å². The molecule has 0 atom stereocenters. The predicted octanol–water partition coefficient (Wildman–Crippen LogP) is 8.84. The third-order valence-electron chi connectivity index (χ3n) is 9.11. The summed E-state index contributed by atoms with van der Waals surface area (Å²) in [6, 6.07) is 42.1. The number of fused-ring (bicyclic) bond motifs is 5. The Bertz CT molecular complexity index is 1980. The van der Waals surface area contributed by atoms with E-state index in [1.165, 1.54) is 22.3 Å². The topological polar surface area (TPSA) is 93.1 Å². The van der Waals surface area contributed by atoms with Crippen LogP contribution in [0.5, 0.6) is 11.5 Å². The number of carboxylic acids is 2. The van der Waals surface area contributed by atoms with Crippen LogP contribution in [-0.4, -0.2) is 35.4 Å². The summed E-state index contributed by atoms with van der Waals surface area (Å²) in [6.45, 7) is 0.621. The molecular weight excluding hydrogens is 588 g/mol. The Morgan fingerprint density at radius 2 is 0.851 bits per heavy atom. The van der Waals surface area contributed by atoms with Crippen molar-refractivity contribution in [2.24, 2.45) is 0 Å². The Kier molecular flexibility index (Phi) is 8.08. The van der Waals surface area contributed by atoms with Crippen molar-refractivity contribution in [1.82, 2.24) is 0 Å². The maximum absolute atomic E-state index is 11.1. The van der Waals surface area contributed by atoms with Gasteiger partial charge in [0.2, 0.25) is 0 Å². The molecule has 234 valence electrons. The summed E-state index contributed by atoms with van der Waals surface area (Å²) in [7, 11) is 0. The molecule has 1 aliphatic rings. The first-order chi connectivity index (χ1) is 23.0. The lowest BCUT2D eigenvalue weighted by molar-refractivity contribution is -0.138. The standard InChI is InChI=1S/C41H34O6/c42-39(43)23-9-25-46-37-21-7-13-29-31(37)15-5-19-35(29)41(33-17-3-1-11-27(33)28-12-2-4-18-34(28)41)36-20-6-16-32-30(36)14-8-22-38(32)47-26-10-24-40(44)45/h1-8,11-22H,9-10,23-26H2,(H,42,43)(H,44,45). The van der Waals surface area contributed by atoms with Crippen LogP contribution in [0.25, 0.3) is 32.7 Å². The van der Waals surface area contributed by atoms with Crippen LogP contribution in [-0.2, 0) is 15.0 Å². The van der Waals surface area contributed by atoms with Crippen LogP contribution in [0, 0.1) is 0 Å². The lowest BCUT2D eigenvalue weighted by Crippen LogP contribution is -2.29. The summed E-state index contributed by atoms with van der Waals surface area (Å²) < 4.78 is 12.4. The van der Waals surface area contributed by atoms with Crippen molar-refractivity contribution >= 4 is 33.5 Å². The number of hydrogen-bond acceptors (Lipinski definition) is 4. The van der Waals surface area contributed by atoms with Crippen molar-refractivity contribution in [2.45, 2.75) is 31.1 Å². The van der Waals surface area contributed by atoms with Crippen molar-refractivity contribution in [3.8, 4) is 22.6 Å². The van der Waals surface area contributed by atoms with Crippen molar-refractivity contribution < 1.29 is 29.3 Å². The fourth-order valence-electron chi connectivity index (χ4n) is 7.24. The molecule has 0 unspecified atom stereocenters. The first-order valence-corrected chi connectivity index (χ1v) is 15.9. The molecule has 2 N–H and O–H groups in total. The highest BCUT2D eigenvalue weighted by molar-refractivity contribution is 6.01. The lowest BCUT2D eigenvalue weighted by atomic mass is 9.65. The lowest BCUT2D eigenvalue weighted by Gasteiger charge is -2.36. The Hall–Kier alpha value is -5.62. The molecule has 0 bridgehead atoms. The minimum atomic E-state index is -0.835. The van der Waals surface area contributed by atoms with E-state index < -0.39 is 17.4 Å². The van der Waals surface area contributed by atoms with Gasteiger partial charge < -0.3 is 19.7 Å². The van der Waals surface area contributed by atoms with Gasteiger partial charge in [-0.25, -0.2) is 0 Å². The van der Waals surface area contributed by atoms with Crippen LogP contribution in [0.1, 0.15) is 47.9 Å². The van der Waals surface area contributed by atoms with Gasteiger partial charge in [0.25, 0.3) is 0 Å². The van der Waals surface area contributed by atoms with E-state index in [4.69, 9.17) is 19.7 Å². The maximum Gasteiger partial charge on any atom is 0.303 e. The van der Waals surface area contributed by atoms with Crippen LogP contribution in [0.15, 0.2) is 121 Å². The number of hydrogen-bond donors (Lipinski definition) is 2. The molecule has 0 aromatic heterocycles. The van der Waals surface area contributed by atoms with Crippen molar-refractivity contribution in [3.63, 3.8) is 0 Å². The third-order valence-corrected chi connectivity index (χ3v) is 9.11. The maximum atomic E-state index is 11.1. The fraction of sp³-hybridized carbons (Fsp3) is 0.171. The van der Waals surface area contributed by atoms with Crippen LogP contribution in [0.4, 0.5) is 0 Å². The second-order valence-electron chi connectivity index (χ2n) is 11.8. The molecule has 0 heterocycles. The highest BCUT2D eigenvalue weighted by Crippen LogP contribution is 2.58. The monoisotopic (exact) mass is 622 g/mol. The van der Waals surface area contributed by atoms with Gasteiger partial charge in [-0.3, -0.25) is 9.59 Å². The van der Waals surface area contributed by atoms with Gasteiger partial charge in [-0.2, -0.15) is 0 Å². The SMILES string of the molecule is O=C(O)CCCOc1cccc2c(C3(c4cccc5c(OCCCC(=O)O)cccc45)c4ccccc4-c4ccccc43)cccc12. The van der Waals surface area contributed by atoms with Crippen LogP contribution >= 0.6 is 0 Å². The number of benzene rings is 6. The second-order valence-corrected chi connectivity index (χ2v) is 11.8. The average molecular weight is 623 g/mol. The summed E-state index contributed by atoms with van der Waals surface area (Å²) in [5, 5.41) is 22.3. The summed E-state index contributed by atoms with van der Waals surface area (Å²) in [6.07, 6.45) is 0.956. The normalized spacial score (nSPS) is 12.9. The Morgan fingerprint density at radius 3 is 1.30 bits per heavy atom. The van der Waals surface area contributed by atoms with E-state index in [0.29, 0.717) is 26.1 Å². The van der Waals surface area contributed by atoms with E-state index in [1.54, 1.807) is 0 Å². The number of ether oxygens (including phenoxy) is 2. The first-order valence-electron chi connectivity index (χ1n) is 15.9. The minimum Gasteiger partial charge on any atom is -0.493 e. The van der Waals surface area contributed by atoms with Crippen molar-refractivity contribution in [2.75, 3.05) is 13.2 Å². The predicted molar refractivity (Wildman–Crippen MR) is 183 cm³/mol. The van der Waals surface area contributed by atoms with Crippen LogP contribution in [0.2, 0.25) is 0 Å². The molecule has 0 saturated carbocycles. The van der Waals surface area contributed by atoms with E-state index in [9.17, 15) is 9.59 Å². The summed E-state index contributed by atoms with van der Waals surface area (Å²) in [4.78, 5) is 22.2. The largest absolute Gasteiger partial charge is 0.493 e. The zero-order chi connectivity index (χ0) is 32.4. The molecule has 1 aliphatic carbocycles. The number of aliphatic carboxylic acids is 2. The number of rotatable bonds is 12. The van der Waals surface area contributed by atoms with E-state index in [1.807, 2.05) is 24.3 Å². The summed E-state index contributed by atoms with van der Waals surface area (Å²) >= 11 is 0. The molecule has 0 radical (unpaired) electrons. The van der Waals surface area contributed by atoms with Crippen LogP contribution in [0.3, 0.4) is 0 Å². The molecule has 0 saturated heterocycles. The quantitative estimate of drug-likeness (QED) is 0.132. The first kappa shape index (κ1) is 30.1. The molecule has 6 aromatic carbocycles. The Balaban J connectivity index is 1.48. The molecule has 0 amide bonds. The number of carbonyl (C=O) groups is 2. The molecule has 47 heavy (non-hydrogen) atoms. The van der Waals surface area contributed by atoms with E-state index in [2.05, 4.69) is 97.1 Å². The van der Waals surface area contributed by atoms with Crippen molar-refractivity contribution in [1.29, 1.82) is 0 Å². The zero-order valence-corrected chi connectivity index (χ0v) is 25.8. The Morgan fingerprint density at radius 1 is 0.468 bits per heavy atom. The molecule has 0 spiro atoms. The molecule has 6 nitrogen and oxygen atoms in total. The van der Waals surface area contributed by atoms with Gasteiger partial charge in [0.15, 0.2) is 0 Å². The molecule has 6 aromatic rings. The molecule has 0 aliphatic heterocycles. The van der Waals surface area contributed by atoms with Gasteiger partial charge in [-0.15, -0.1) is 0 Å². The van der Waals surface area contributed by atoms with Crippen LogP contribution < -0.4 is 9.47 Å². The molecule has 7 rings (SSSR count). The highest BCUT2D eigenvalue weighted by Gasteiger charge is 2.47. The van der Waals surface area contributed by atoms with E-state index in [-0.39, 0.29) is 12.8 Å². The highest BCUT2D eigenvalue weighted by atomic mass is 16.5. The number of carboxylic acid groups (broad SMARTS) is 2. The zero-order valence-electron chi connectivity index (χ0n) is 25.8. The molecule has 0 fully saturated rings. The Labute approximate surface area is 272 Å². The smallest absolute Gasteiger partial charge is 0.303 e. The van der Waals surface area contributed by atoms with Gasteiger partial charge in [0.1, 0.15) is 11.5 Å². The van der Waals surface area contributed by atoms with Crippen molar-refractivity contribution in [3.05, 3.63) is 144 Å². The van der Waals surface area contributed by atoms with E-state index >= 15 is 0 Å². The third kappa shape index (κ3) is 5.26. The van der Waals surface area contributed by atoms with Gasteiger partial charge in [0.05, 0.1) is 18.6 Å². The minimum absolute atomic E-state index is 0.0546. The molecule has 6 heteroatoms. The van der Waals surface area contributed by atoms with Gasteiger partial charge >= 0.3 is 11.9 Å². The average Bonchev–Trinajstić information content (AvgIpc) is 3.39. The van der Waals surface area contributed by atoms with Gasteiger partial charge in [-0.1, -0.05) is 109 Å². The summed E-state index contributed by atoms with van der Waals surface area (Å²) in [5.74, 6) is -0.227. The second kappa shape index (κ2) is 12.6.